The number of unbranched alkanes of at least 4 members (excludes halogenated alkanes) is 1. The molecular weight excluding hydrogens is 562 g/mol. The van der Waals surface area contributed by atoms with Crippen LogP contribution in [0.3, 0.4) is 0 Å². The van der Waals surface area contributed by atoms with E-state index in [9.17, 15) is 9.59 Å². The predicted molar refractivity (Wildman–Crippen MR) is 162 cm³/mol. The van der Waals surface area contributed by atoms with E-state index in [1.54, 1.807) is 29.2 Å². The number of fused-ring (bicyclic) bond motifs is 3. The number of halogens is 1. The van der Waals surface area contributed by atoms with E-state index in [0.717, 1.165) is 58.7 Å². The highest BCUT2D eigenvalue weighted by Gasteiger charge is 2.52. The Kier molecular flexibility index (Phi) is 7.10. The van der Waals surface area contributed by atoms with Gasteiger partial charge in [0.15, 0.2) is 5.78 Å². The molecule has 2 aliphatic heterocycles. The van der Waals surface area contributed by atoms with E-state index in [1.165, 1.54) is 0 Å². The van der Waals surface area contributed by atoms with Gasteiger partial charge in [0, 0.05) is 36.5 Å². The number of H-pyrrole nitrogens is 1. The normalized spacial score (nSPS) is 17.8. The first kappa shape index (κ1) is 27.2. The number of carbonyl (C=O) groups is 2. The van der Waals surface area contributed by atoms with Crippen LogP contribution in [-0.4, -0.2) is 53.3 Å². The van der Waals surface area contributed by atoms with Crippen molar-refractivity contribution < 1.29 is 9.59 Å². The number of aryl methyl sites for hydroxylation is 1. The second-order valence-corrected chi connectivity index (χ2v) is 11.5. The Morgan fingerprint density at radius 1 is 0.977 bits per heavy atom. The molecule has 0 aliphatic carbocycles. The summed E-state index contributed by atoms with van der Waals surface area (Å²) in [7, 11) is 0. The number of nitrogens with one attached hydrogen (secondary N) is 1. The number of Topliss-reactive ketones (excluding diaryl/α,β-unsaturated/α-hetero) is 1. The van der Waals surface area contributed by atoms with Gasteiger partial charge in [0.05, 0.1) is 11.4 Å². The van der Waals surface area contributed by atoms with Gasteiger partial charge in [-0.25, -0.2) is 4.98 Å². The molecule has 2 unspecified atom stereocenters. The molecule has 1 amide bonds. The third-order valence-corrected chi connectivity index (χ3v) is 8.73. The minimum atomic E-state index is -0.825. The van der Waals surface area contributed by atoms with Gasteiger partial charge in [-0.2, -0.15) is 5.21 Å². The zero-order valence-electron chi connectivity index (χ0n) is 23.7. The molecule has 2 atom stereocenters. The number of tetrazole rings is 1. The van der Waals surface area contributed by atoms with Crippen LogP contribution in [0.1, 0.15) is 60.1 Å². The summed E-state index contributed by atoms with van der Waals surface area (Å²) in [5, 5.41) is 15.1. The van der Waals surface area contributed by atoms with Crippen molar-refractivity contribution >= 4 is 23.3 Å². The topological polar surface area (TPSA) is 110 Å². The zero-order chi connectivity index (χ0) is 29.5. The lowest BCUT2D eigenvalue weighted by molar-refractivity contribution is -0.130. The number of amides is 1. The third-order valence-electron chi connectivity index (χ3n) is 8.48. The van der Waals surface area contributed by atoms with Crippen LogP contribution in [0, 0.1) is 0 Å². The number of ketones is 1. The summed E-state index contributed by atoms with van der Waals surface area (Å²) in [4.78, 5) is 34.4. The first-order valence-electron chi connectivity index (χ1n) is 14.6. The summed E-state index contributed by atoms with van der Waals surface area (Å²) >= 11 is 6.10. The highest BCUT2D eigenvalue weighted by Crippen LogP contribution is 2.43. The number of rotatable bonds is 8. The van der Waals surface area contributed by atoms with E-state index < -0.39 is 12.0 Å². The minimum absolute atomic E-state index is 0.0927. The van der Waals surface area contributed by atoms with Crippen LogP contribution >= 0.6 is 11.6 Å². The molecule has 1 saturated heterocycles. The van der Waals surface area contributed by atoms with E-state index in [4.69, 9.17) is 16.6 Å². The molecule has 7 rings (SSSR count). The first-order chi connectivity index (χ1) is 21.0. The molecule has 10 heteroatoms. The van der Waals surface area contributed by atoms with Gasteiger partial charge in [-0.15, -0.1) is 10.2 Å². The monoisotopic (exact) mass is 591 g/mol. The molecule has 0 saturated carbocycles. The highest BCUT2D eigenvalue weighted by atomic mass is 35.5. The highest BCUT2D eigenvalue weighted by molar-refractivity contribution is 6.30. The number of carbonyl (C=O) groups excluding carboxylic acids is 2. The number of benzene rings is 3. The van der Waals surface area contributed by atoms with E-state index >= 15 is 0 Å². The lowest BCUT2D eigenvalue weighted by Gasteiger charge is -2.29. The quantitative estimate of drug-likeness (QED) is 0.236. The van der Waals surface area contributed by atoms with Gasteiger partial charge in [0.1, 0.15) is 17.8 Å². The molecule has 43 heavy (non-hydrogen) atoms. The maximum Gasteiger partial charge on any atom is 0.238 e. The van der Waals surface area contributed by atoms with Crippen molar-refractivity contribution in [3.63, 3.8) is 0 Å². The molecule has 3 aromatic carbocycles. The lowest BCUT2D eigenvalue weighted by atomic mass is 9.92. The average molecular weight is 592 g/mol. The maximum absolute atomic E-state index is 14.0. The van der Waals surface area contributed by atoms with Crippen molar-refractivity contribution in [2.75, 3.05) is 6.54 Å². The molecular formula is C33H30ClN7O2. The Hall–Kier alpha value is -4.63. The van der Waals surface area contributed by atoms with Crippen molar-refractivity contribution in [3.05, 3.63) is 106 Å². The number of aromatic amines is 1. The average Bonchev–Trinajstić information content (AvgIpc) is 3.75. The molecule has 0 spiro atoms. The first-order valence-corrected chi connectivity index (χ1v) is 15.0. The molecule has 2 aliphatic rings. The molecule has 9 nitrogen and oxygen atoms in total. The fourth-order valence-electron chi connectivity index (χ4n) is 6.37. The second-order valence-electron chi connectivity index (χ2n) is 11.1. The van der Waals surface area contributed by atoms with E-state index in [0.29, 0.717) is 35.9 Å². The summed E-state index contributed by atoms with van der Waals surface area (Å²) in [5.41, 5.74) is 6.50. The third kappa shape index (κ3) is 4.83. The fraction of sp³-hybridized carbons (Fsp3) is 0.273. The minimum Gasteiger partial charge on any atom is -0.326 e. The van der Waals surface area contributed by atoms with Gasteiger partial charge in [-0.3, -0.25) is 9.59 Å². The van der Waals surface area contributed by atoms with E-state index in [2.05, 4.69) is 56.4 Å². The van der Waals surface area contributed by atoms with Gasteiger partial charge >= 0.3 is 0 Å². The van der Waals surface area contributed by atoms with Gasteiger partial charge in [0.2, 0.25) is 11.7 Å². The molecule has 216 valence electrons. The van der Waals surface area contributed by atoms with Gasteiger partial charge in [-0.05, 0) is 46.0 Å². The largest absolute Gasteiger partial charge is 0.326 e. The van der Waals surface area contributed by atoms with Crippen molar-refractivity contribution in [1.29, 1.82) is 0 Å². The molecule has 0 bridgehead atoms. The molecule has 4 heterocycles. The molecule has 1 fully saturated rings. The Morgan fingerprint density at radius 2 is 1.74 bits per heavy atom. The number of hydrogen-bond donors (Lipinski definition) is 1. The van der Waals surface area contributed by atoms with Crippen molar-refractivity contribution in [1.82, 2.24) is 35.1 Å². The van der Waals surface area contributed by atoms with Crippen LogP contribution in [-0.2, 0) is 29.0 Å². The van der Waals surface area contributed by atoms with Crippen LogP contribution < -0.4 is 0 Å². The summed E-state index contributed by atoms with van der Waals surface area (Å²) < 4.78 is 2.19. The van der Waals surface area contributed by atoms with Gasteiger partial charge in [0.25, 0.3) is 0 Å². The Bertz CT molecular complexity index is 1800. The number of nitrogens with zero attached hydrogens (tertiary/aromatic N) is 6. The SMILES string of the molecule is CCCCc1nc2c(n1Cc1ccc(-c3ccccc3-c3nn[nH]n3)cc1)C1C(=O)C(c3ccc(Cl)cc3)C(=O)N1CC2. The van der Waals surface area contributed by atoms with Crippen LogP contribution in [0.15, 0.2) is 72.8 Å². The maximum atomic E-state index is 14.0. The van der Waals surface area contributed by atoms with Crippen molar-refractivity contribution in [2.24, 2.45) is 0 Å². The van der Waals surface area contributed by atoms with Crippen molar-refractivity contribution in [2.45, 2.75) is 51.1 Å². The molecule has 1 N–H and O–H groups in total. The van der Waals surface area contributed by atoms with Crippen molar-refractivity contribution in [3.8, 4) is 22.5 Å². The molecule has 2 aromatic heterocycles. The summed E-state index contributed by atoms with van der Waals surface area (Å²) in [6.07, 6.45) is 3.49. The van der Waals surface area contributed by atoms with Gasteiger partial charge < -0.3 is 9.47 Å². The summed E-state index contributed by atoms with van der Waals surface area (Å²) in [5.74, 6) is 0.451. The molecule has 0 radical (unpaired) electrons. The van der Waals surface area contributed by atoms with Crippen LogP contribution in [0.5, 0.6) is 0 Å². The Balaban J connectivity index is 1.24. The van der Waals surface area contributed by atoms with E-state index in [-0.39, 0.29) is 11.7 Å². The predicted octanol–water partition coefficient (Wildman–Crippen LogP) is 5.57. The standard InChI is InChI=1S/C33H30ClN7O2/c1-2-3-8-27-35-26-17-18-40-30(31(42)28(33(40)43)22-13-15-23(34)16-14-22)29(26)41(27)19-20-9-11-21(12-10-20)24-6-4-5-7-25(24)32-36-38-39-37-32/h4-7,9-16,28,30H,2-3,8,17-19H2,1H3,(H,36,37,38,39). The van der Waals surface area contributed by atoms with Crippen LogP contribution in [0.4, 0.5) is 0 Å². The second kappa shape index (κ2) is 11.2. The summed E-state index contributed by atoms with van der Waals surface area (Å²) in [6, 6.07) is 22.8. The number of hydrogen-bond acceptors (Lipinski definition) is 6. The number of imidazole rings is 1. The van der Waals surface area contributed by atoms with Crippen LogP contribution in [0.25, 0.3) is 22.5 Å². The lowest BCUT2D eigenvalue weighted by Crippen LogP contribution is -2.37. The summed E-state index contributed by atoms with van der Waals surface area (Å²) in [6.45, 7) is 3.21. The zero-order valence-corrected chi connectivity index (χ0v) is 24.5. The van der Waals surface area contributed by atoms with Crippen LogP contribution in [0.2, 0.25) is 5.02 Å². The molecule has 5 aromatic rings. The van der Waals surface area contributed by atoms with E-state index in [1.807, 2.05) is 24.3 Å². The number of aromatic nitrogens is 6. The smallest absolute Gasteiger partial charge is 0.238 e. The Labute approximate surface area is 253 Å². The van der Waals surface area contributed by atoms with Gasteiger partial charge in [-0.1, -0.05) is 85.6 Å². The Morgan fingerprint density at radius 3 is 2.47 bits per heavy atom. The fourth-order valence-corrected chi connectivity index (χ4v) is 6.50.